The predicted octanol–water partition coefficient (Wildman–Crippen LogP) is 3.53. The van der Waals surface area contributed by atoms with Gasteiger partial charge in [0.05, 0.1) is 18.6 Å². The van der Waals surface area contributed by atoms with Crippen molar-refractivity contribution in [1.29, 1.82) is 0 Å². The number of aryl methyl sites for hydroxylation is 1. The Labute approximate surface area is 210 Å². The number of aliphatic hydroxyl groups excluding tert-OH is 1. The second-order valence-electron chi connectivity index (χ2n) is 7.87. The van der Waals surface area contributed by atoms with E-state index < -0.39 is 12.0 Å². The smallest absolute Gasteiger partial charge is 0.257 e. The quantitative estimate of drug-likeness (QED) is 0.336. The summed E-state index contributed by atoms with van der Waals surface area (Å²) in [7, 11) is 1.79. The largest absolute Gasteiger partial charge is 0.475 e. The summed E-state index contributed by atoms with van der Waals surface area (Å²) in [6.45, 7) is 0.622. The monoisotopic (exact) mass is 513 g/mol. The van der Waals surface area contributed by atoms with Crippen LogP contribution in [-0.4, -0.2) is 39.9 Å². The number of fused-ring (bicyclic) bond motifs is 1. The van der Waals surface area contributed by atoms with Crippen LogP contribution in [0.5, 0.6) is 5.88 Å². The number of amides is 1. The summed E-state index contributed by atoms with van der Waals surface area (Å²) in [6.07, 6.45) is 2.33. The minimum Gasteiger partial charge on any atom is -0.475 e. The molecule has 0 aliphatic heterocycles. The van der Waals surface area contributed by atoms with Gasteiger partial charge >= 0.3 is 0 Å². The molecule has 4 rings (SSSR count). The minimum atomic E-state index is -0.825. The Hall–Kier alpha value is -3.24. The van der Waals surface area contributed by atoms with E-state index in [1.807, 2.05) is 12.1 Å². The van der Waals surface area contributed by atoms with E-state index in [0.29, 0.717) is 16.3 Å². The highest BCUT2D eigenvalue weighted by Gasteiger charge is 2.17. The van der Waals surface area contributed by atoms with E-state index in [4.69, 9.17) is 21.1 Å². The number of nitrogens with zero attached hydrogens (tertiary/aromatic N) is 2. The van der Waals surface area contributed by atoms with Gasteiger partial charge in [-0.1, -0.05) is 29.8 Å². The summed E-state index contributed by atoms with van der Waals surface area (Å²) < 4.78 is 12.8. The Balaban J connectivity index is 1.36. The van der Waals surface area contributed by atoms with E-state index in [2.05, 4.69) is 10.3 Å². The fourth-order valence-electron chi connectivity index (χ4n) is 3.38. The van der Waals surface area contributed by atoms with Gasteiger partial charge in [0.2, 0.25) is 11.3 Å². The van der Waals surface area contributed by atoms with Crippen LogP contribution in [-0.2, 0) is 24.9 Å². The maximum atomic E-state index is 13.0. The SMILES string of the molecule is Cn1cc(C(=O)NCc2ccc(Cl)cc2)c(=O)c2cc(COC[C@@H](O)COc3ccccn3)sc21. The summed E-state index contributed by atoms with van der Waals surface area (Å²) in [4.78, 5) is 31.3. The van der Waals surface area contributed by atoms with Gasteiger partial charge in [-0.3, -0.25) is 9.59 Å². The van der Waals surface area contributed by atoms with Crippen molar-refractivity contribution in [3.8, 4) is 5.88 Å². The number of hydrogen-bond acceptors (Lipinski definition) is 7. The number of pyridine rings is 2. The zero-order chi connectivity index (χ0) is 24.8. The van der Waals surface area contributed by atoms with Crippen LogP contribution in [0.2, 0.25) is 5.02 Å². The highest BCUT2D eigenvalue weighted by Crippen LogP contribution is 2.24. The van der Waals surface area contributed by atoms with E-state index in [1.165, 1.54) is 11.3 Å². The maximum absolute atomic E-state index is 13.0. The third-order valence-corrected chi connectivity index (χ3v) is 6.57. The topological polar surface area (TPSA) is 103 Å². The number of aromatic nitrogens is 2. The molecule has 0 radical (unpaired) electrons. The molecule has 2 N–H and O–H groups in total. The fourth-order valence-corrected chi connectivity index (χ4v) is 4.53. The highest BCUT2D eigenvalue weighted by molar-refractivity contribution is 7.18. The Morgan fingerprint density at radius 2 is 2.03 bits per heavy atom. The average Bonchev–Trinajstić information content (AvgIpc) is 3.30. The van der Waals surface area contributed by atoms with Crippen LogP contribution < -0.4 is 15.5 Å². The lowest BCUT2D eigenvalue weighted by atomic mass is 10.2. The van der Waals surface area contributed by atoms with Crippen molar-refractivity contribution in [2.45, 2.75) is 19.3 Å². The third kappa shape index (κ3) is 6.46. The molecule has 1 amide bonds. The molecular formula is C25H24ClN3O5S. The van der Waals surface area contributed by atoms with Crippen molar-refractivity contribution in [2.75, 3.05) is 13.2 Å². The van der Waals surface area contributed by atoms with Gasteiger partial charge in [-0.05, 0) is 29.8 Å². The number of aliphatic hydroxyl groups is 1. The van der Waals surface area contributed by atoms with E-state index in [9.17, 15) is 14.7 Å². The van der Waals surface area contributed by atoms with Gasteiger partial charge in [0, 0.05) is 42.0 Å². The molecule has 8 nitrogen and oxygen atoms in total. The van der Waals surface area contributed by atoms with Gasteiger partial charge in [0.1, 0.15) is 23.1 Å². The molecule has 1 atom stereocenters. The molecule has 10 heteroatoms. The average molecular weight is 514 g/mol. The van der Waals surface area contributed by atoms with Crippen LogP contribution in [0.3, 0.4) is 0 Å². The van der Waals surface area contributed by atoms with E-state index in [-0.39, 0.29) is 37.4 Å². The Bertz CT molecular complexity index is 1360. The van der Waals surface area contributed by atoms with Crippen molar-refractivity contribution in [2.24, 2.45) is 7.05 Å². The zero-order valence-electron chi connectivity index (χ0n) is 18.9. The maximum Gasteiger partial charge on any atom is 0.257 e. The molecule has 35 heavy (non-hydrogen) atoms. The van der Waals surface area contributed by atoms with Crippen LogP contribution in [0.1, 0.15) is 20.8 Å². The molecule has 1 aromatic carbocycles. The van der Waals surface area contributed by atoms with Crippen molar-refractivity contribution in [3.05, 3.63) is 92.2 Å². The number of carbonyl (C=O) groups is 1. The molecule has 0 fully saturated rings. The highest BCUT2D eigenvalue weighted by atomic mass is 35.5. The lowest BCUT2D eigenvalue weighted by Gasteiger charge is -2.11. The number of thiophene rings is 1. The first kappa shape index (κ1) is 24.9. The van der Waals surface area contributed by atoms with Gasteiger partial charge in [0.25, 0.3) is 5.91 Å². The third-order valence-electron chi connectivity index (χ3n) is 5.12. The lowest BCUT2D eigenvalue weighted by Crippen LogP contribution is -2.29. The molecule has 0 bridgehead atoms. The standard InChI is InChI=1S/C25H24ClN3O5S/c1-29-12-21(24(32)28-11-16-5-7-17(26)8-6-16)23(31)20-10-19(35-25(20)29)15-33-13-18(30)14-34-22-4-2-3-9-27-22/h2-10,12,18,30H,11,13-15H2,1H3,(H,28,32)/t18-/m1/s1. The summed E-state index contributed by atoms with van der Waals surface area (Å²) in [5, 5.41) is 13.9. The second-order valence-corrected chi connectivity index (χ2v) is 9.42. The van der Waals surface area contributed by atoms with Crippen LogP contribution in [0, 0.1) is 0 Å². The van der Waals surface area contributed by atoms with Crippen molar-refractivity contribution in [1.82, 2.24) is 14.9 Å². The van der Waals surface area contributed by atoms with Crippen molar-refractivity contribution < 1.29 is 19.4 Å². The van der Waals surface area contributed by atoms with Crippen LogP contribution in [0.15, 0.2) is 65.7 Å². The lowest BCUT2D eigenvalue weighted by molar-refractivity contribution is 0.00545. The molecular weight excluding hydrogens is 490 g/mol. The first-order valence-electron chi connectivity index (χ1n) is 10.8. The predicted molar refractivity (Wildman–Crippen MR) is 135 cm³/mol. The molecule has 0 spiro atoms. The number of benzene rings is 1. The number of hydrogen-bond donors (Lipinski definition) is 2. The molecule has 0 aliphatic rings. The first-order valence-corrected chi connectivity index (χ1v) is 12.0. The van der Waals surface area contributed by atoms with Crippen LogP contribution >= 0.6 is 22.9 Å². The number of rotatable bonds is 10. The van der Waals surface area contributed by atoms with E-state index >= 15 is 0 Å². The molecule has 3 aromatic heterocycles. The molecule has 0 aliphatic carbocycles. The Morgan fingerprint density at radius 3 is 2.77 bits per heavy atom. The normalized spacial score (nSPS) is 12.0. The van der Waals surface area contributed by atoms with E-state index in [0.717, 1.165) is 15.3 Å². The van der Waals surface area contributed by atoms with Crippen molar-refractivity contribution >= 4 is 39.1 Å². The molecule has 0 unspecified atom stereocenters. The molecule has 4 aromatic rings. The number of nitrogens with one attached hydrogen (secondary N) is 1. The molecule has 3 heterocycles. The first-order chi connectivity index (χ1) is 16.9. The van der Waals surface area contributed by atoms with E-state index in [1.54, 1.807) is 60.4 Å². The van der Waals surface area contributed by atoms with Gasteiger partial charge in [0.15, 0.2) is 0 Å². The summed E-state index contributed by atoms with van der Waals surface area (Å²) in [5.74, 6) is -0.0120. The second kappa shape index (κ2) is 11.5. The Morgan fingerprint density at radius 1 is 1.23 bits per heavy atom. The zero-order valence-corrected chi connectivity index (χ0v) is 20.5. The number of halogens is 1. The molecule has 182 valence electrons. The number of ether oxygens (including phenoxy) is 2. The van der Waals surface area contributed by atoms with Gasteiger partial charge in [-0.25, -0.2) is 4.98 Å². The summed E-state index contributed by atoms with van der Waals surface area (Å²) in [5.41, 5.74) is 0.613. The van der Waals surface area contributed by atoms with Gasteiger partial charge in [-0.2, -0.15) is 0 Å². The number of carbonyl (C=O) groups excluding carboxylic acids is 1. The molecule has 0 saturated heterocycles. The van der Waals surface area contributed by atoms with Crippen LogP contribution in [0.25, 0.3) is 10.2 Å². The van der Waals surface area contributed by atoms with Gasteiger partial charge < -0.3 is 24.5 Å². The van der Waals surface area contributed by atoms with Gasteiger partial charge in [-0.15, -0.1) is 11.3 Å². The Kier molecular flexibility index (Phi) is 8.14. The molecule has 0 saturated carbocycles. The summed E-state index contributed by atoms with van der Waals surface area (Å²) >= 11 is 7.29. The van der Waals surface area contributed by atoms with Crippen LogP contribution in [0.4, 0.5) is 0 Å². The minimum absolute atomic E-state index is 0.0532. The van der Waals surface area contributed by atoms with Crippen molar-refractivity contribution in [3.63, 3.8) is 0 Å². The summed E-state index contributed by atoms with van der Waals surface area (Å²) in [6, 6.07) is 14.1. The fraction of sp³-hybridized carbons (Fsp3) is 0.240.